The normalized spacial score (nSPS) is 16.0. The van der Waals surface area contributed by atoms with Gasteiger partial charge in [0.1, 0.15) is 34.3 Å². The molecule has 6 N–H and O–H groups in total. The Morgan fingerprint density at radius 2 is 1.65 bits per heavy atom. The van der Waals surface area contributed by atoms with Crippen LogP contribution < -0.4 is 26.6 Å². The molecule has 342 valence electrons. The molecule has 0 aliphatic carbocycles. The number of carbonyl (C=O) groups excluding carboxylic acids is 5. The molecule has 0 saturated carbocycles. The molecule has 1 fully saturated rings. The van der Waals surface area contributed by atoms with Gasteiger partial charge in [0, 0.05) is 24.1 Å². The third-order valence-corrected chi connectivity index (χ3v) is 8.79. The summed E-state index contributed by atoms with van der Waals surface area (Å²) in [4.78, 5) is 74.2. The first kappa shape index (κ1) is 50.2. The number of aromatic nitrogens is 2. The SMILES string of the molecule is C=C(OCCCC)/C(=C\C(=NO)c1cc(CNC(=O)NC[C@H]2NC(=O)[C@H]2NC(=O)/C(=N\OC(C)(C)C(=O)OC(C)(C)C)c2csc(NC(=O)OC(C)(C)C)n2)on1)OCCCC. The minimum atomic E-state index is -1.66. The lowest BCUT2D eigenvalue weighted by molar-refractivity contribution is -0.179. The zero-order valence-corrected chi connectivity index (χ0v) is 37.7. The standard InChI is InChI=1S/C40H59N9O12S/c1-12-14-16-56-23(3)29(57-17-15-13-2)19-25(47-55)26-18-24(60-48-26)20-41-35(53)42-21-27-30(32(50)43-27)45-33(51)31(49-61-40(10,11)34(52)58-38(4,5)6)28-22-62-36(44-28)46-37(54)59-39(7,8)9/h18-19,22,27,30,55H,3,12-17,20-21H2,1-2,4-11H3,(H,43,50)(H,45,51)(H2,41,42,53)(H,44,46,54)/b29-19+,47-25?,49-31-/t27-,30+/m1/s1. The molecular formula is C40H59N9O12S. The summed E-state index contributed by atoms with van der Waals surface area (Å²) in [5.41, 5.74) is -3.63. The number of urea groups is 1. The predicted molar refractivity (Wildman–Crippen MR) is 227 cm³/mol. The van der Waals surface area contributed by atoms with Crippen LogP contribution in [-0.2, 0) is 44.7 Å². The number of hydrogen-bond donors (Lipinski definition) is 6. The summed E-state index contributed by atoms with van der Waals surface area (Å²) in [6.07, 6.45) is 4.07. The Kier molecular flexibility index (Phi) is 18.3. The number of hydrogen-bond acceptors (Lipinski definition) is 17. The van der Waals surface area contributed by atoms with Gasteiger partial charge >= 0.3 is 18.1 Å². The van der Waals surface area contributed by atoms with Crippen LogP contribution >= 0.6 is 11.3 Å². The van der Waals surface area contributed by atoms with Crippen molar-refractivity contribution in [2.75, 3.05) is 25.1 Å². The number of anilines is 1. The number of unbranched alkanes of at least 4 members (excludes halogenated alkanes) is 2. The van der Waals surface area contributed by atoms with Crippen LogP contribution in [0.3, 0.4) is 0 Å². The van der Waals surface area contributed by atoms with E-state index in [0.29, 0.717) is 13.2 Å². The van der Waals surface area contributed by atoms with E-state index < -0.39 is 64.5 Å². The van der Waals surface area contributed by atoms with Gasteiger partial charge in [0.2, 0.25) is 11.5 Å². The van der Waals surface area contributed by atoms with Crippen molar-refractivity contribution >= 4 is 57.8 Å². The highest BCUT2D eigenvalue weighted by molar-refractivity contribution is 7.14. The lowest BCUT2D eigenvalue weighted by Crippen LogP contribution is -2.72. The maximum Gasteiger partial charge on any atom is 0.413 e. The largest absolute Gasteiger partial charge is 0.490 e. The smallest absolute Gasteiger partial charge is 0.413 e. The van der Waals surface area contributed by atoms with Gasteiger partial charge in [-0.05, 0) is 68.2 Å². The maximum atomic E-state index is 13.7. The van der Waals surface area contributed by atoms with Crippen molar-refractivity contribution in [2.24, 2.45) is 10.3 Å². The van der Waals surface area contributed by atoms with E-state index in [1.807, 2.05) is 13.8 Å². The summed E-state index contributed by atoms with van der Waals surface area (Å²) < 4.78 is 27.6. The summed E-state index contributed by atoms with van der Waals surface area (Å²) in [6.45, 7) is 21.5. The Bertz CT molecular complexity index is 1990. The van der Waals surface area contributed by atoms with E-state index in [0.717, 1.165) is 37.0 Å². The zero-order chi connectivity index (χ0) is 46.3. The van der Waals surface area contributed by atoms with E-state index in [4.69, 9.17) is 28.3 Å². The van der Waals surface area contributed by atoms with Crippen molar-refractivity contribution in [1.29, 1.82) is 0 Å². The summed E-state index contributed by atoms with van der Waals surface area (Å²) in [6, 6.07) is -1.07. The van der Waals surface area contributed by atoms with Crippen molar-refractivity contribution in [3.8, 4) is 0 Å². The highest BCUT2D eigenvalue weighted by atomic mass is 32.1. The van der Waals surface area contributed by atoms with Crippen molar-refractivity contribution < 1.29 is 57.5 Å². The van der Waals surface area contributed by atoms with Gasteiger partial charge in [0.15, 0.2) is 28.1 Å². The quantitative estimate of drug-likeness (QED) is 0.0133. The second kappa shape index (κ2) is 22.6. The van der Waals surface area contributed by atoms with Crippen LogP contribution in [0.2, 0.25) is 0 Å². The molecule has 22 heteroatoms. The topological polar surface area (TPSA) is 276 Å². The fraction of sp³-hybridized carbons (Fsp3) is 0.575. The monoisotopic (exact) mass is 889 g/mol. The molecule has 1 saturated heterocycles. The van der Waals surface area contributed by atoms with Gasteiger partial charge in [0.05, 0.1) is 25.8 Å². The first-order chi connectivity index (χ1) is 29.0. The number of nitrogens with zero attached hydrogens (tertiary/aromatic N) is 4. The molecule has 2 atom stereocenters. The average molecular weight is 890 g/mol. The average Bonchev–Trinajstić information content (AvgIpc) is 3.84. The summed E-state index contributed by atoms with van der Waals surface area (Å²) in [7, 11) is 0. The minimum absolute atomic E-state index is 0.00390. The van der Waals surface area contributed by atoms with Crippen molar-refractivity contribution in [3.63, 3.8) is 0 Å². The number of esters is 1. The predicted octanol–water partition coefficient (Wildman–Crippen LogP) is 5.01. The third kappa shape index (κ3) is 16.3. The number of β-lactam (4-membered cyclic amide) rings is 1. The molecule has 3 heterocycles. The Labute approximate surface area is 364 Å². The Morgan fingerprint density at radius 3 is 2.26 bits per heavy atom. The van der Waals surface area contributed by atoms with E-state index in [-0.39, 0.29) is 52.6 Å². The van der Waals surface area contributed by atoms with Gasteiger partial charge in [0.25, 0.3) is 5.91 Å². The molecular weight excluding hydrogens is 831 g/mol. The number of carbonyl (C=O) groups is 5. The van der Waals surface area contributed by atoms with E-state index >= 15 is 0 Å². The van der Waals surface area contributed by atoms with Gasteiger partial charge in [-0.1, -0.05) is 48.7 Å². The Hall–Kier alpha value is -6.19. The molecule has 5 amide bonds. The molecule has 21 nitrogen and oxygen atoms in total. The highest BCUT2D eigenvalue weighted by Gasteiger charge is 2.42. The van der Waals surface area contributed by atoms with E-state index in [9.17, 15) is 29.2 Å². The molecule has 1 aliphatic rings. The fourth-order valence-electron chi connectivity index (χ4n) is 4.79. The van der Waals surface area contributed by atoms with Crippen LogP contribution in [-0.4, -0.2) is 105 Å². The van der Waals surface area contributed by atoms with Gasteiger partial charge in [-0.15, -0.1) is 11.3 Å². The van der Waals surface area contributed by atoms with Gasteiger partial charge in [-0.3, -0.25) is 14.9 Å². The van der Waals surface area contributed by atoms with Gasteiger partial charge < -0.3 is 54.8 Å². The summed E-state index contributed by atoms with van der Waals surface area (Å²) in [5.74, 6) is -1.47. The molecule has 2 aromatic heterocycles. The number of thiazole rings is 1. The lowest BCUT2D eigenvalue weighted by atomic mass is 9.98. The first-order valence-electron chi connectivity index (χ1n) is 20.0. The summed E-state index contributed by atoms with van der Waals surface area (Å²) in [5, 5.41) is 35.4. The van der Waals surface area contributed by atoms with Crippen LogP contribution in [0.15, 0.2) is 50.5 Å². The molecule has 3 rings (SSSR count). The maximum absolute atomic E-state index is 13.7. The van der Waals surface area contributed by atoms with Crippen LogP contribution in [0.4, 0.5) is 14.7 Å². The van der Waals surface area contributed by atoms with E-state index in [1.165, 1.54) is 31.4 Å². The molecule has 0 aromatic carbocycles. The fourth-order valence-corrected chi connectivity index (χ4v) is 5.47. The molecule has 0 radical (unpaired) electrons. The second-order valence-electron chi connectivity index (χ2n) is 16.3. The molecule has 2 aromatic rings. The van der Waals surface area contributed by atoms with Crippen LogP contribution in [0.5, 0.6) is 0 Å². The second-order valence-corrected chi connectivity index (χ2v) is 17.2. The molecule has 0 spiro atoms. The van der Waals surface area contributed by atoms with Crippen molar-refractivity contribution in [3.05, 3.63) is 52.8 Å². The van der Waals surface area contributed by atoms with Gasteiger partial charge in [-0.2, -0.15) is 0 Å². The van der Waals surface area contributed by atoms with Crippen LogP contribution in [0.25, 0.3) is 0 Å². The lowest BCUT2D eigenvalue weighted by Gasteiger charge is -2.37. The molecule has 0 bridgehead atoms. The minimum Gasteiger partial charge on any atom is -0.490 e. The van der Waals surface area contributed by atoms with E-state index in [2.05, 4.69) is 53.6 Å². The number of allylic oxidation sites excluding steroid dienone is 1. The number of rotatable bonds is 22. The van der Waals surface area contributed by atoms with Crippen molar-refractivity contribution in [1.82, 2.24) is 31.4 Å². The highest BCUT2D eigenvalue weighted by Crippen LogP contribution is 2.22. The number of oxime groups is 2. The van der Waals surface area contributed by atoms with Crippen LogP contribution in [0, 0.1) is 0 Å². The summed E-state index contributed by atoms with van der Waals surface area (Å²) >= 11 is 0.956. The first-order valence-corrected chi connectivity index (χ1v) is 20.9. The number of nitrogens with one attached hydrogen (secondary N) is 5. The Balaban J connectivity index is 1.67. The van der Waals surface area contributed by atoms with Gasteiger partial charge in [-0.25, -0.2) is 19.4 Å². The Morgan fingerprint density at radius 1 is 0.984 bits per heavy atom. The third-order valence-electron chi connectivity index (χ3n) is 8.03. The molecule has 0 unspecified atom stereocenters. The number of amides is 5. The molecule has 1 aliphatic heterocycles. The van der Waals surface area contributed by atoms with E-state index in [1.54, 1.807) is 41.5 Å². The zero-order valence-electron chi connectivity index (χ0n) is 36.9. The number of ether oxygens (including phenoxy) is 4. The molecule has 62 heavy (non-hydrogen) atoms. The van der Waals surface area contributed by atoms with Crippen molar-refractivity contribution in [2.45, 2.75) is 130 Å². The van der Waals surface area contributed by atoms with Crippen LogP contribution in [0.1, 0.15) is 112 Å².